The summed E-state index contributed by atoms with van der Waals surface area (Å²) in [5, 5.41) is 0. The quantitative estimate of drug-likeness (QED) is 0.114. The molecule has 12 aliphatic carbocycles. The van der Waals surface area contributed by atoms with Gasteiger partial charge < -0.3 is 9.80 Å². The average Bonchev–Trinajstić information content (AvgIpc) is 1.49. The lowest BCUT2D eigenvalue weighted by atomic mass is 9.43. The third kappa shape index (κ3) is 10.8. The highest BCUT2D eigenvalue weighted by Gasteiger charge is 2.64. The smallest absolute Gasteiger partial charge is 0.0714 e. The van der Waals surface area contributed by atoms with E-state index in [1.54, 1.807) is 22.3 Å². The molecule has 0 aromatic heterocycles. The van der Waals surface area contributed by atoms with Crippen LogP contribution in [0.15, 0.2) is 425 Å². The number of hydrogen-bond donors (Lipinski definition) is 0. The lowest BCUT2D eigenvalue weighted by molar-refractivity contribution is -0.0399. The lowest BCUT2D eigenvalue weighted by Gasteiger charge is -2.61. The summed E-state index contributed by atoms with van der Waals surface area (Å²) >= 11 is 0. The Kier molecular flexibility index (Phi) is 17.0. The van der Waals surface area contributed by atoms with Crippen LogP contribution in [0.4, 0.5) is 34.1 Å². The molecule has 8 saturated carbocycles. The summed E-state index contributed by atoms with van der Waals surface area (Å²) in [5.74, 6) is 6.36. The molecule has 0 atom stereocenters. The number of benzene rings is 17. The van der Waals surface area contributed by atoms with Gasteiger partial charge in [0.2, 0.25) is 0 Å². The van der Waals surface area contributed by atoms with Crippen molar-refractivity contribution in [3.8, 4) is 77.9 Å². The van der Waals surface area contributed by atoms with E-state index in [-0.39, 0.29) is 10.8 Å². The minimum atomic E-state index is -0.514. The Morgan fingerprint density at radius 1 is 0.167 bits per heavy atom. The molecule has 126 heavy (non-hydrogen) atoms. The van der Waals surface area contributed by atoms with Crippen molar-refractivity contribution >= 4 is 34.1 Å². The molecule has 604 valence electrons. The number of fused-ring (bicyclic) bond motifs is 12. The average molecular weight is 1620 g/mol. The van der Waals surface area contributed by atoms with E-state index in [1.165, 1.54) is 215 Å². The van der Waals surface area contributed by atoms with E-state index in [0.717, 1.165) is 29.4 Å². The van der Waals surface area contributed by atoms with Crippen molar-refractivity contribution in [3.05, 3.63) is 491 Å². The first kappa shape index (κ1) is 73.8. The molecular formula is C124H98N2. The summed E-state index contributed by atoms with van der Waals surface area (Å²) in [6.07, 6.45) is 13.9. The van der Waals surface area contributed by atoms with Crippen molar-refractivity contribution in [2.45, 2.75) is 85.9 Å². The van der Waals surface area contributed by atoms with E-state index in [4.69, 9.17) is 0 Å². The van der Waals surface area contributed by atoms with Crippen molar-refractivity contribution in [3.63, 3.8) is 0 Å². The molecule has 8 fully saturated rings. The van der Waals surface area contributed by atoms with Crippen LogP contribution in [0, 0.1) is 47.3 Å². The van der Waals surface area contributed by atoms with Gasteiger partial charge in [-0.1, -0.05) is 352 Å². The summed E-state index contributed by atoms with van der Waals surface area (Å²) in [5.41, 5.74) is 41.5. The highest BCUT2D eigenvalue weighted by atomic mass is 15.2. The number of nitrogens with zero attached hydrogens (tertiary/aromatic N) is 2. The first-order valence-corrected chi connectivity index (χ1v) is 46.6. The predicted molar refractivity (Wildman–Crippen MR) is 520 cm³/mol. The van der Waals surface area contributed by atoms with Gasteiger partial charge in [0.15, 0.2) is 0 Å². The molecule has 17 aromatic carbocycles. The fraction of sp³-hybridized carbons (Fsp3) is 0.177. The number of anilines is 6. The standard InChI is InChI=1S/C65H51N.C59H47N/c1-5-17-45(18-6-1)47-29-34-63(58(40-47)46-19-7-2-8-20-46)66(53-31-33-57-55-26-14-16-28-60(55)65(62(57)42-53)50-36-43-35-44(38-50)39-51(65)37-43)52-30-32-56-54-25-13-15-27-59(54)64(61(56)41-52,48-21-9-3-10-22-48)49-23-11-4-12-24-49;1-4-14-41(15-5-1)42-24-26-47(27-25-42)60(49-29-31-53-51-21-11-13-23-55(51)59(57(53)38-49)45-33-39-32-40(35-45)36-46(59)34-39)48-28-30-52-50-20-10-12-22-54(50)58(56(52)37-48,43-16-6-2-7-17-43)44-18-8-3-9-19-44/h1-34,40-44,50-51H,35-39H2;1-31,37-40,45-46H,32-36H2. The maximum atomic E-state index is 2.67. The first-order valence-electron chi connectivity index (χ1n) is 46.6. The van der Waals surface area contributed by atoms with Crippen LogP contribution in [-0.2, 0) is 21.7 Å². The van der Waals surface area contributed by atoms with Gasteiger partial charge in [-0.25, -0.2) is 0 Å². The van der Waals surface area contributed by atoms with Crippen LogP contribution in [0.25, 0.3) is 77.9 Å². The molecule has 29 rings (SSSR count). The van der Waals surface area contributed by atoms with Crippen LogP contribution in [0.1, 0.15) is 131 Å². The Labute approximate surface area is 741 Å². The van der Waals surface area contributed by atoms with Gasteiger partial charge in [0.05, 0.1) is 16.5 Å². The third-order valence-electron chi connectivity index (χ3n) is 32.7. The molecule has 2 heteroatoms. The largest absolute Gasteiger partial charge is 0.310 e. The Bertz CT molecular complexity index is 6960. The summed E-state index contributed by atoms with van der Waals surface area (Å²) in [4.78, 5) is 5.18. The highest BCUT2D eigenvalue weighted by Crippen LogP contribution is 2.73. The highest BCUT2D eigenvalue weighted by molar-refractivity contribution is 5.97. The van der Waals surface area contributed by atoms with Gasteiger partial charge in [0.25, 0.3) is 0 Å². The molecular weight excluding hydrogens is 1520 g/mol. The molecule has 17 aromatic rings. The van der Waals surface area contributed by atoms with E-state index in [1.807, 2.05) is 0 Å². The Hall–Kier alpha value is -13.7. The molecule has 0 N–H and O–H groups in total. The molecule has 2 nitrogen and oxygen atoms in total. The second-order valence-corrected chi connectivity index (χ2v) is 38.5. The molecule has 0 heterocycles. The summed E-state index contributed by atoms with van der Waals surface area (Å²) in [6.45, 7) is 0. The molecule has 2 spiro atoms. The van der Waals surface area contributed by atoms with E-state index >= 15 is 0 Å². The van der Waals surface area contributed by atoms with Crippen LogP contribution < -0.4 is 9.80 Å². The van der Waals surface area contributed by atoms with Crippen LogP contribution in [0.3, 0.4) is 0 Å². The molecule has 8 bridgehead atoms. The molecule has 0 unspecified atom stereocenters. The van der Waals surface area contributed by atoms with Crippen LogP contribution in [0.5, 0.6) is 0 Å². The van der Waals surface area contributed by atoms with Crippen molar-refractivity contribution in [1.29, 1.82) is 0 Å². The van der Waals surface area contributed by atoms with E-state index in [2.05, 4.69) is 434 Å². The van der Waals surface area contributed by atoms with Gasteiger partial charge in [-0.3, -0.25) is 0 Å². The maximum absolute atomic E-state index is 2.67. The second-order valence-electron chi connectivity index (χ2n) is 38.5. The third-order valence-corrected chi connectivity index (χ3v) is 32.7. The zero-order valence-electron chi connectivity index (χ0n) is 71.0. The fourth-order valence-electron chi connectivity index (χ4n) is 28.4. The first-order chi connectivity index (χ1) is 62.4. The van der Waals surface area contributed by atoms with Gasteiger partial charge in [-0.2, -0.15) is 0 Å². The lowest BCUT2D eigenvalue weighted by Crippen LogP contribution is -2.55. The van der Waals surface area contributed by atoms with E-state index < -0.39 is 10.8 Å². The Morgan fingerprint density at radius 2 is 0.429 bits per heavy atom. The minimum absolute atomic E-state index is 0.0514. The molecule has 0 saturated heterocycles. The van der Waals surface area contributed by atoms with Crippen molar-refractivity contribution < 1.29 is 0 Å². The second kappa shape index (κ2) is 29.0. The zero-order valence-corrected chi connectivity index (χ0v) is 71.0. The molecule has 0 amide bonds. The fourth-order valence-corrected chi connectivity index (χ4v) is 28.4. The van der Waals surface area contributed by atoms with Crippen molar-refractivity contribution in [2.24, 2.45) is 47.3 Å². The van der Waals surface area contributed by atoms with E-state index in [9.17, 15) is 0 Å². The SMILES string of the molecule is c1ccc(-c2ccc(N(c3ccc4c(c3)C(c3ccccc3)(c3ccccc3)c3ccccc3-4)c3ccc4c(c3)C3(c5ccccc5-4)C4CC5CC(C4)CC3C5)c(-c3ccccc3)c2)cc1.c1ccc(-c2ccc(N(c3ccc4c(c3)C(c3ccccc3)(c3ccccc3)c3ccccc3-4)c3ccc4c(c3)C3(c5ccccc5-4)C4CC5CC(C4)CC3C5)cc2)cc1. The van der Waals surface area contributed by atoms with Crippen LogP contribution in [0.2, 0.25) is 0 Å². The Balaban J connectivity index is 0.000000135. The predicted octanol–water partition coefficient (Wildman–Crippen LogP) is 31.5. The zero-order chi connectivity index (χ0) is 82.8. The number of rotatable bonds is 13. The Morgan fingerprint density at radius 3 is 0.802 bits per heavy atom. The molecule has 0 aliphatic heterocycles. The van der Waals surface area contributed by atoms with Crippen molar-refractivity contribution in [2.75, 3.05) is 9.80 Å². The van der Waals surface area contributed by atoms with Gasteiger partial charge in [0, 0.05) is 44.8 Å². The topological polar surface area (TPSA) is 6.48 Å². The summed E-state index contributed by atoms with van der Waals surface area (Å²) in [6, 6.07) is 161. The van der Waals surface area contributed by atoms with Crippen molar-refractivity contribution in [1.82, 2.24) is 0 Å². The normalized spacial score (nSPS) is 22.6. The summed E-state index contributed by atoms with van der Waals surface area (Å²) < 4.78 is 0. The minimum Gasteiger partial charge on any atom is -0.310 e. The number of hydrogen-bond acceptors (Lipinski definition) is 2. The van der Waals surface area contributed by atoms with Gasteiger partial charge in [-0.05, 0) is 323 Å². The van der Waals surface area contributed by atoms with Gasteiger partial charge in [-0.15, -0.1) is 0 Å². The summed E-state index contributed by atoms with van der Waals surface area (Å²) in [7, 11) is 0. The van der Waals surface area contributed by atoms with Gasteiger partial charge >= 0.3 is 0 Å². The van der Waals surface area contributed by atoms with Gasteiger partial charge in [0.1, 0.15) is 0 Å². The van der Waals surface area contributed by atoms with E-state index in [0.29, 0.717) is 23.7 Å². The molecule has 12 aliphatic rings. The monoisotopic (exact) mass is 1610 g/mol. The maximum Gasteiger partial charge on any atom is 0.0714 e. The van der Waals surface area contributed by atoms with Crippen LogP contribution >= 0.6 is 0 Å². The van der Waals surface area contributed by atoms with Crippen LogP contribution in [-0.4, -0.2) is 0 Å². The molecule has 0 radical (unpaired) electrons.